The molecule has 0 bridgehead atoms. The van der Waals surface area contributed by atoms with E-state index in [2.05, 4.69) is 4.98 Å². The van der Waals surface area contributed by atoms with Gasteiger partial charge in [-0.3, -0.25) is 14.3 Å². The highest BCUT2D eigenvalue weighted by Gasteiger charge is 2.32. The molecule has 26 heavy (non-hydrogen) atoms. The van der Waals surface area contributed by atoms with Crippen molar-refractivity contribution in [3.05, 3.63) is 50.0 Å². The number of rotatable bonds is 5. The molecule has 0 radical (unpaired) electrons. The highest BCUT2D eigenvalue weighted by Crippen LogP contribution is 2.41. The van der Waals surface area contributed by atoms with Crippen molar-refractivity contribution in [3.63, 3.8) is 0 Å². The number of alkyl halides is 3. The number of aromatic nitrogens is 1. The Morgan fingerprint density at radius 3 is 2.31 bits per heavy atom. The summed E-state index contributed by atoms with van der Waals surface area (Å²) in [7, 11) is -1.76. The Kier molecular flexibility index (Phi) is 6.09. The van der Waals surface area contributed by atoms with Crippen molar-refractivity contribution >= 4 is 39.7 Å². The first-order chi connectivity index (χ1) is 12.0. The molecule has 2 rings (SSSR count). The number of nitro groups is 1. The second-order valence-corrected chi connectivity index (χ2v) is 7.20. The fraction of sp³-hybridized carbons (Fsp3) is 0.214. The van der Waals surface area contributed by atoms with Crippen LogP contribution in [0, 0.1) is 10.1 Å². The van der Waals surface area contributed by atoms with E-state index in [1.807, 2.05) is 0 Å². The second kappa shape index (κ2) is 7.77. The summed E-state index contributed by atoms with van der Waals surface area (Å²) in [6, 6.07) is 3.37. The Bertz CT molecular complexity index is 870. The van der Waals surface area contributed by atoms with Crippen molar-refractivity contribution in [1.82, 2.24) is 4.98 Å². The number of hydrogen-bond acceptors (Lipinski definition) is 5. The minimum atomic E-state index is -4.65. The first-order valence-corrected chi connectivity index (χ1v) is 8.90. The Morgan fingerprint density at radius 1 is 1.27 bits per heavy atom. The predicted octanol–water partition coefficient (Wildman–Crippen LogP) is 5.24. The summed E-state index contributed by atoms with van der Waals surface area (Å²) in [5, 5.41) is 9.81. The van der Waals surface area contributed by atoms with Gasteiger partial charge in [-0.05, 0) is 12.1 Å². The lowest BCUT2D eigenvalue weighted by molar-refractivity contribution is -0.388. The normalized spacial score (nSPS) is 12.7. The molecular weight excluding hydrogens is 420 g/mol. The zero-order valence-corrected chi connectivity index (χ0v) is 15.2. The largest absolute Gasteiger partial charge is 0.436 e. The maximum Gasteiger partial charge on any atom is 0.416 e. The maximum absolute atomic E-state index is 12.7. The summed E-state index contributed by atoms with van der Waals surface area (Å²) in [5.41, 5.74) is -1.54. The van der Waals surface area contributed by atoms with Gasteiger partial charge in [0.1, 0.15) is 0 Å². The van der Waals surface area contributed by atoms with Gasteiger partial charge in [0.05, 0.1) is 31.3 Å². The molecule has 1 aromatic carbocycles. The molecule has 6 nitrogen and oxygen atoms in total. The van der Waals surface area contributed by atoms with E-state index in [4.69, 9.17) is 27.9 Å². The van der Waals surface area contributed by atoms with Crippen molar-refractivity contribution in [1.29, 1.82) is 0 Å². The average Bonchev–Trinajstić information content (AvgIpc) is 2.56. The van der Waals surface area contributed by atoms with Gasteiger partial charge in [0.15, 0.2) is 5.75 Å². The molecule has 1 unspecified atom stereocenters. The van der Waals surface area contributed by atoms with Crippen LogP contribution in [0.25, 0.3) is 0 Å². The predicted molar refractivity (Wildman–Crippen MR) is 89.4 cm³/mol. The number of hydrogen-bond donors (Lipinski definition) is 0. The Morgan fingerprint density at radius 2 is 1.85 bits per heavy atom. The Labute approximate surface area is 157 Å². The van der Waals surface area contributed by atoms with Gasteiger partial charge in [0, 0.05) is 17.9 Å². The molecule has 0 saturated heterocycles. The van der Waals surface area contributed by atoms with Crippen LogP contribution in [0.3, 0.4) is 0 Å². The number of ether oxygens (including phenoxy) is 1. The van der Waals surface area contributed by atoms with E-state index in [0.29, 0.717) is 12.1 Å². The minimum Gasteiger partial charge on any atom is -0.436 e. The summed E-state index contributed by atoms with van der Waals surface area (Å²) in [5.74, 6) is -0.495. The zero-order valence-electron chi connectivity index (χ0n) is 12.8. The molecule has 1 heterocycles. The van der Waals surface area contributed by atoms with Crippen molar-refractivity contribution < 1.29 is 27.0 Å². The van der Waals surface area contributed by atoms with Crippen LogP contribution >= 0.6 is 23.2 Å². The van der Waals surface area contributed by atoms with Crippen LogP contribution < -0.4 is 4.74 Å². The molecule has 0 aliphatic rings. The molecule has 0 aliphatic heterocycles. The van der Waals surface area contributed by atoms with Crippen molar-refractivity contribution in [3.8, 4) is 11.6 Å². The van der Waals surface area contributed by atoms with Gasteiger partial charge in [-0.1, -0.05) is 30.1 Å². The maximum atomic E-state index is 12.7. The molecule has 0 N–H and O–H groups in total. The molecule has 1 aromatic heterocycles. The standard InChI is InChI=1S/C14H9Cl2F3N2O4S/c1-2-26(24)13-10(21(22)23)3-4-11(20-13)25-12-8(15)5-7(6-9(12)16)14(17,18)19/h3-6H,2H2,1H3. The molecule has 2 aromatic rings. The number of halogens is 5. The number of pyridine rings is 1. The molecule has 12 heteroatoms. The quantitative estimate of drug-likeness (QED) is 0.480. The van der Waals surface area contributed by atoms with E-state index >= 15 is 0 Å². The van der Waals surface area contributed by atoms with Crippen molar-refractivity contribution in [2.45, 2.75) is 18.1 Å². The number of benzene rings is 1. The summed E-state index contributed by atoms with van der Waals surface area (Å²) < 4.78 is 55.4. The van der Waals surface area contributed by atoms with Gasteiger partial charge in [0.25, 0.3) is 0 Å². The van der Waals surface area contributed by atoms with E-state index in [0.717, 1.165) is 12.1 Å². The van der Waals surface area contributed by atoms with Crippen LogP contribution in [0.15, 0.2) is 29.3 Å². The number of nitrogens with zero attached hydrogens (tertiary/aromatic N) is 2. The third-order valence-electron chi connectivity index (χ3n) is 3.02. The first kappa shape index (κ1) is 20.4. The highest BCUT2D eigenvalue weighted by molar-refractivity contribution is 7.85. The van der Waals surface area contributed by atoms with E-state index in [1.54, 1.807) is 6.92 Å². The monoisotopic (exact) mass is 428 g/mol. The van der Waals surface area contributed by atoms with Gasteiger partial charge >= 0.3 is 11.9 Å². The van der Waals surface area contributed by atoms with Crippen molar-refractivity contribution in [2.24, 2.45) is 0 Å². The summed E-state index contributed by atoms with van der Waals surface area (Å²) in [6.07, 6.45) is -4.65. The lowest BCUT2D eigenvalue weighted by atomic mass is 10.2. The molecule has 0 amide bonds. The molecular formula is C14H9Cl2F3N2O4S. The van der Waals surface area contributed by atoms with Crippen LogP contribution in [-0.4, -0.2) is 19.9 Å². The van der Waals surface area contributed by atoms with Crippen LogP contribution in [0.4, 0.5) is 18.9 Å². The minimum absolute atomic E-state index is 0.0685. The van der Waals surface area contributed by atoms with E-state index in [9.17, 15) is 27.5 Å². The fourth-order valence-electron chi connectivity index (χ4n) is 1.84. The first-order valence-electron chi connectivity index (χ1n) is 6.82. The average molecular weight is 429 g/mol. The topological polar surface area (TPSA) is 82.3 Å². The van der Waals surface area contributed by atoms with Gasteiger partial charge in [-0.2, -0.15) is 18.2 Å². The van der Waals surface area contributed by atoms with E-state index in [1.165, 1.54) is 0 Å². The summed E-state index contributed by atoms with van der Waals surface area (Å²) >= 11 is 11.6. The fourth-order valence-corrected chi connectivity index (χ4v) is 3.25. The van der Waals surface area contributed by atoms with Gasteiger partial charge in [-0.25, -0.2) is 0 Å². The van der Waals surface area contributed by atoms with E-state index in [-0.39, 0.29) is 22.4 Å². The highest BCUT2D eigenvalue weighted by atomic mass is 35.5. The third-order valence-corrected chi connectivity index (χ3v) is 4.84. The summed E-state index contributed by atoms with van der Waals surface area (Å²) in [4.78, 5) is 14.1. The molecule has 0 saturated carbocycles. The van der Waals surface area contributed by atoms with Crippen LogP contribution in [0.5, 0.6) is 11.6 Å². The molecule has 0 spiro atoms. The summed E-state index contributed by atoms with van der Waals surface area (Å²) in [6.45, 7) is 1.54. The van der Waals surface area contributed by atoms with Crippen LogP contribution in [0.2, 0.25) is 10.0 Å². The van der Waals surface area contributed by atoms with E-state index < -0.39 is 43.2 Å². The third kappa shape index (κ3) is 4.43. The lowest BCUT2D eigenvalue weighted by Crippen LogP contribution is -2.06. The molecule has 0 fully saturated rings. The van der Waals surface area contributed by atoms with Gasteiger partial charge in [-0.15, -0.1) is 0 Å². The molecule has 140 valence electrons. The van der Waals surface area contributed by atoms with Gasteiger partial charge < -0.3 is 4.74 Å². The molecule has 0 aliphatic carbocycles. The van der Waals surface area contributed by atoms with Gasteiger partial charge in [0.2, 0.25) is 10.9 Å². The van der Waals surface area contributed by atoms with Crippen molar-refractivity contribution in [2.75, 3.05) is 5.75 Å². The zero-order chi connectivity index (χ0) is 19.6. The van der Waals surface area contributed by atoms with Crippen LogP contribution in [-0.2, 0) is 17.0 Å². The van der Waals surface area contributed by atoms with Crippen LogP contribution in [0.1, 0.15) is 12.5 Å². The Balaban J connectivity index is 2.46. The SMILES string of the molecule is CCS(=O)c1nc(Oc2c(Cl)cc(C(F)(F)F)cc2Cl)ccc1[N+](=O)[O-]. The molecule has 1 atom stereocenters. The second-order valence-electron chi connectivity index (χ2n) is 4.73. The Hall–Kier alpha value is -1.91. The lowest BCUT2D eigenvalue weighted by Gasteiger charge is -2.13. The smallest absolute Gasteiger partial charge is 0.416 e.